The predicted octanol–water partition coefficient (Wildman–Crippen LogP) is 2.81. The van der Waals surface area contributed by atoms with Gasteiger partial charge in [-0.3, -0.25) is 4.79 Å². The monoisotopic (exact) mass is 398 g/mol. The molecule has 8 heteroatoms. The van der Waals surface area contributed by atoms with Gasteiger partial charge in [0.25, 0.3) is 0 Å². The summed E-state index contributed by atoms with van der Waals surface area (Å²) in [6.07, 6.45) is 0. The zero-order chi connectivity index (χ0) is 19.8. The highest BCUT2D eigenvalue weighted by atomic mass is 32.2. The molecule has 0 radical (unpaired) electrons. The number of carbonyl (C=O) groups is 1. The van der Waals surface area contributed by atoms with Gasteiger partial charge in [0.1, 0.15) is 18.1 Å². The Bertz CT molecular complexity index is 898. The van der Waals surface area contributed by atoms with Gasteiger partial charge in [-0.15, -0.1) is 10.2 Å². The number of nitrogens with one attached hydrogen (secondary N) is 1. The van der Waals surface area contributed by atoms with Gasteiger partial charge in [0.05, 0.1) is 12.9 Å². The summed E-state index contributed by atoms with van der Waals surface area (Å²) in [5, 5.41) is 11.9. The molecule has 146 valence electrons. The van der Waals surface area contributed by atoms with Crippen LogP contribution in [0.15, 0.2) is 59.8 Å². The maximum absolute atomic E-state index is 12.1. The second-order valence-corrected chi connectivity index (χ2v) is 6.92. The van der Waals surface area contributed by atoms with Crippen molar-refractivity contribution in [3.8, 4) is 11.5 Å². The summed E-state index contributed by atoms with van der Waals surface area (Å²) < 4.78 is 12.7. The first-order chi connectivity index (χ1) is 13.7. The lowest BCUT2D eigenvalue weighted by Crippen LogP contribution is -2.24. The zero-order valence-corrected chi connectivity index (χ0v) is 16.6. The van der Waals surface area contributed by atoms with Gasteiger partial charge in [-0.25, -0.2) is 0 Å². The quantitative estimate of drug-likeness (QED) is 0.559. The van der Waals surface area contributed by atoms with Gasteiger partial charge in [-0.2, -0.15) is 0 Å². The number of thioether (sulfide) groups is 1. The van der Waals surface area contributed by atoms with E-state index < -0.39 is 0 Å². The van der Waals surface area contributed by atoms with E-state index in [4.69, 9.17) is 9.47 Å². The van der Waals surface area contributed by atoms with E-state index in [-0.39, 0.29) is 11.7 Å². The Morgan fingerprint density at radius 2 is 1.82 bits per heavy atom. The fourth-order valence-corrected chi connectivity index (χ4v) is 3.15. The number of carbonyl (C=O) groups excluding carboxylic acids is 1. The maximum Gasteiger partial charge on any atom is 0.230 e. The molecule has 0 aliphatic rings. The molecule has 7 nitrogen and oxygen atoms in total. The third-order valence-corrected chi connectivity index (χ3v) is 5.04. The molecule has 0 bridgehead atoms. The summed E-state index contributed by atoms with van der Waals surface area (Å²) in [4.78, 5) is 12.1. The van der Waals surface area contributed by atoms with E-state index in [0.29, 0.717) is 24.1 Å². The van der Waals surface area contributed by atoms with Gasteiger partial charge < -0.3 is 19.4 Å². The first-order valence-corrected chi connectivity index (χ1v) is 9.73. The number of nitrogens with zero attached hydrogens (tertiary/aromatic N) is 3. The molecule has 1 amide bonds. The number of hydrogen-bond acceptors (Lipinski definition) is 6. The van der Waals surface area contributed by atoms with Crippen LogP contribution in [-0.2, 0) is 25.0 Å². The minimum atomic E-state index is -0.0640. The molecule has 28 heavy (non-hydrogen) atoms. The summed E-state index contributed by atoms with van der Waals surface area (Å²) in [7, 11) is 3.49. The zero-order valence-electron chi connectivity index (χ0n) is 15.8. The summed E-state index contributed by atoms with van der Waals surface area (Å²) in [6, 6.07) is 17.1. The highest BCUT2D eigenvalue weighted by Crippen LogP contribution is 2.17. The minimum Gasteiger partial charge on any atom is -0.497 e. The Hall–Kier alpha value is -3.00. The van der Waals surface area contributed by atoms with Crippen LogP contribution in [-0.4, -0.2) is 33.5 Å². The lowest BCUT2D eigenvalue weighted by atomic mass is 10.2. The van der Waals surface area contributed by atoms with Crippen molar-refractivity contribution in [2.45, 2.75) is 18.3 Å². The van der Waals surface area contributed by atoms with E-state index in [1.807, 2.05) is 66.2 Å². The van der Waals surface area contributed by atoms with Crippen LogP contribution in [0.1, 0.15) is 11.4 Å². The van der Waals surface area contributed by atoms with E-state index in [1.165, 1.54) is 11.8 Å². The van der Waals surface area contributed by atoms with Crippen LogP contribution in [0.5, 0.6) is 11.5 Å². The molecule has 0 saturated heterocycles. The lowest BCUT2D eigenvalue weighted by molar-refractivity contribution is -0.118. The van der Waals surface area contributed by atoms with Crippen molar-refractivity contribution in [2.24, 2.45) is 7.05 Å². The molecule has 1 aromatic heterocycles. The molecule has 0 fully saturated rings. The smallest absolute Gasteiger partial charge is 0.230 e. The Morgan fingerprint density at radius 3 is 2.54 bits per heavy atom. The highest BCUT2D eigenvalue weighted by Gasteiger charge is 2.12. The number of benzene rings is 2. The molecule has 3 rings (SSSR count). The van der Waals surface area contributed by atoms with E-state index in [2.05, 4.69) is 15.5 Å². The third kappa shape index (κ3) is 5.50. The van der Waals surface area contributed by atoms with Gasteiger partial charge in [-0.05, 0) is 29.8 Å². The van der Waals surface area contributed by atoms with Gasteiger partial charge in [0.15, 0.2) is 11.0 Å². The average Bonchev–Trinajstić information content (AvgIpc) is 3.09. The van der Waals surface area contributed by atoms with Crippen LogP contribution in [0.2, 0.25) is 0 Å². The van der Waals surface area contributed by atoms with Crippen molar-refractivity contribution in [2.75, 3.05) is 12.9 Å². The summed E-state index contributed by atoms with van der Waals surface area (Å²) in [6.45, 7) is 0.788. The van der Waals surface area contributed by atoms with E-state index in [0.717, 1.165) is 17.1 Å². The van der Waals surface area contributed by atoms with Crippen molar-refractivity contribution in [3.05, 3.63) is 66.0 Å². The Balaban J connectivity index is 1.44. The second kappa shape index (κ2) is 9.80. The van der Waals surface area contributed by atoms with Crippen molar-refractivity contribution in [3.63, 3.8) is 0 Å². The predicted molar refractivity (Wildman–Crippen MR) is 107 cm³/mol. The van der Waals surface area contributed by atoms with Crippen LogP contribution in [0.3, 0.4) is 0 Å². The van der Waals surface area contributed by atoms with E-state index in [9.17, 15) is 4.79 Å². The molecular weight excluding hydrogens is 376 g/mol. The Morgan fingerprint density at radius 1 is 1.07 bits per heavy atom. The first-order valence-electron chi connectivity index (χ1n) is 8.74. The largest absolute Gasteiger partial charge is 0.497 e. The molecule has 1 heterocycles. The Kier molecular flexibility index (Phi) is 6.91. The molecular formula is C20H22N4O3S. The molecule has 0 aliphatic carbocycles. The number of hydrogen-bond donors (Lipinski definition) is 1. The molecule has 2 aromatic carbocycles. The number of amides is 1. The summed E-state index contributed by atoms with van der Waals surface area (Å²) in [5.41, 5.74) is 1.01. The molecule has 0 unspecified atom stereocenters. The molecule has 0 saturated carbocycles. The average molecular weight is 398 g/mol. The fourth-order valence-electron chi connectivity index (χ4n) is 2.39. The van der Waals surface area contributed by atoms with E-state index in [1.54, 1.807) is 7.11 Å². The first kappa shape index (κ1) is 19.8. The number of methoxy groups -OCH3 is 1. The van der Waals surface area contributed by atoms with Gasteiger partial charge in [0, 0.05) is 13.6 Å². The van der Waals surface area contributed by atoms with Crippen molar-refractivity contribution in [1.82, 2.24) is 20.1 Å². The normalized spacial score (nSPS) is 10.5. The molecule has 1 N–H and O–H groups in total. The summed E-state index contributed by atoms with van der Waals surface area (Å²) in [5.74, 6) is 2.47. The molecule has 3 aromatic rings. The van der Waals surface area contributed by atoms with Crippen molar-refractivity contribution in [1.29, 1.82) is 0 Å². The standard InChI is InChI=1S/C20H22N4O3S/c1-24-18(13-27-17-6-4-3-5-7-17)22-23-20(24)28-14-19(25)21-12-15-8-10-16(26-2)11-9-15/h3-11H,12-14H2,1-2H3,(H,21,25). The molecule has 0 aliphatic heterocycles. The highest BCUT2D eigenvalue weighted by molar-refractivity contribution is 7.99. The number of para-hydroxylation sites is 1. The van der Waals surface area contributed by atoms with Crippen molar-refractivity contribution >= 4 is 17.7 Å². The number of rotatable bonds is 9. The number of aromatic nitrogens is 3. The van der Waals surface area contributed by atoms with Crippen LogP contribution in [0.4, 0.5) is 0 Å². The van der Waals surface area contributed by atoms with Gasteiger partial charge in [-0.1, -0.05) is 42.1 Å². The van der Waals surface area contributed by atoms with Gasteiger partial charge in [0.2, 0.25) is 5.91 Å². The number of ether oxygens (including phenoxy) is 2. The minimum absolute atomic E-state index is 0.0640. The maximum atomic E-state index is 12.1. The lowest BCUT2D eigenvalue weighted by Gasteiger charge is -2.07. The topological polar surface area (TPSA) is 78.3 Å². The van der Waals surface area contributed by atoms with Crippen LogP contribution in [0.25, 0.3) is 0 Å². The molecule has 0 atom stereocenters. The SMILES string of the molecule is COc1ccc(CNC(=O)CSc2nnc(COc3ccccc3)n2C)cc1. The van der Waals surface area contributed by atoms with Gasteiger partial charge >= 0.3 is 0 Å². The van der Waals surface area contributed by atoms with E-state index >= 15 is 0 Å². The fraction of sp³-hybridized carbons (Fsp3) is 0.250. The third-order valence-electron chi connectivity index (χ3n) is 4.02. The van der Waals surface area contributed by atoms with Crippen molar-refractivity contribution < 1.29 is 14.3 Å². The van der Waals surface area contributed by atoms with Crippen LogP contribution < -0.4 is 14.8 Å². The van der Waals surface area contributed by atoms with Crippen LogP contribution >= 0.6 is 11.8 Å². The second-order valence-electron chi connectivity index (χ2n) is 5.97. The Labute approximate surface area is 168 Å². The van der Waals surface area contributed by atoms with Crippen LogP contribution in [0, 0.1) is 0 Å². The molecule has 0 spiro atoms. The summed E-state index contributed by atoms with van der Waals surface area (Å²) >= 11 is 1.34.